The molecule has 0 N–H and O–H groups in total. The molecule has 0 aliphatic heterocycles. The van der Waals surface area contributed by atoms with E-state index in [2.05, 4.69) is 137 Å². The fourth-order valence-electron chi connectivity index (χ4n) is 7.39. The molecule has 14 aromatic rings. The minimum absolute atomic E-state index is 0.718. The molecule has 0 saturated carbocycles. The number of hydrogen-bond donors (Lipinski definition) is 0. The van der Waals surface area contributed by atoms with Gasteiger partial charge in [0.05, 0.1) is 37.8 Å². The molecule has 0 amide bonds. The van der Waals surface area contributed by atoms with E-state index in [-0.39, 0.29) is 0 Å². The molecular weight excluding hydrogens is 1220 g/mol. The summed E-state index contributed by atoms with van der Waals surface area (Å²) in [7, 11) is 1.95. The van der Waals surface area contributed by atoms with Crippen LogP contribution in [0.3, 0.4) is 0 Å². The van der Waals surface area contributed by atoms with Gasteiger partial charge in [0.25, 0.3) is 0 Å². The van der Waals surface area contributed by atoms with Crippen molar-refractivity contribution in [1.82, 2.24) is 53.5 Å². The van der Waals surface area contributed by atoms with Gasteiger partial charge in [0.1, 0.15) is 34.7 Å². The lowest BCUT2D eigenvalue weighted by atomic mass is 10.1. The SMILES string of the molecule is CC.CC.CC.CC.CC.CC.CC.CC.Cc1ccc2ccccc2c1.Cc1ccccc1.Cc1nc2ccccc2o1.Cc1nc2ccccc2s1.Cc1nc2ccccn2c1C.Cc1nc2ccccn2c1C.Cc1ncco1.Cc1nccs1.Cc1nnc(C)n1C. The molecule has 96 heavy (non-hydrogen) atoms. The van der Waals surface area contributed by atoms with Gasteiger partial charge in [0.15, 0.2) is 17.4 Å². The maximum Gasteiger partial charge on any atom is 0.192 e. The van der Waals surface area contributed by atoms with E-state index in [9.17, 15) is 0 Å². The second kappa shape index (κ2) is 57.5. The smallest absolute Gasteiger partial charge is 0.192 e. The maximum absolute atomic E-state index is 5.26. The van der Waals surface area contributed by atoms with Crippen LogP contribution in [-0.2, 0) is 7.05 Å². The Bertz CT molecular complexity index is 3760. The van der Waals surface area contributed by atoms with Crippen LogP contribution in [0.25, 0.3) is 43.4 Å². The monoisotopic (exact) mass is 1340 g/mol. The molecule has 13 nitrogen and oxygen atoms in total. The van der Waals surface area contributed by atoms with Gasteiger partial charge in [-0.05, 0) is 129 Å². The minimum atomic E-state index is 0.718. The van der Waals surface area contributed by atoms with Crippen molar-refractivity contribution in [1.29, 1.82) is 0 Å². The van der Waals surface area contributed by atoms with Crippen molar-refractivity contribution in [3.05, 3.63) is 262 Å². The second-order valence-corrected chi connectivity index (χ2v) is 20.6. The summed E-state index contributed by atoms with van der Waals surface area (Å²) in [5.74, 6) is 3.36. The number of aromatic nitrogens is 11. The Labute approximate surface area is 587 Å². The van der Waals surface area contributed by atoms with Crippen LogP contribution in [0, 0.1) is 83.1 Å². The van der Waals surface area contributed by atoms with Gasteiger partial charge in [-0.25, -0.2) is 24.9 Å². The van der Waals surface area contributed by atoms with Gasteiger partial charge in [0, 0.05) is 56.3 Å². The third-order valence-corrected chi connectivity index (χ3v) is 13.7. The van der Waals surface area contributed by atoms with Gasteiger partial charge in [-0.3, -0.25) is 4.98 Å². The van der Waals surface area contributed by atoms with E-state index >= 15 is 0 Å². The molecule has 9 aromatic heterocycles. The van der Waals surface area contributed by atoms with Crippen molar-refractivity contribution in [2.45, 2.75) is 194 Å². The summed E-state index contributed by atoms with van der Waals surface area (Å²) in [4.78, 5) is 24.9. The molecule has 0 fully saturated rings. The molecule has 0 aliphatic carbocycles. The van der Waals surface area contributed by atoms with Crippen molar-refractivity contribution < 1.29 is 8.83 Å². The number of rotatable bonds is 0. The predicted molar refractivity (Wildman–Crippen MR) is 422 cm³/mol. The van der Waals surface area contributed by atoms with Crippen LogP contribution in [0.4, 0.5) is 0 Å². The van der Waals surface area contributed by atoms with Crippen molar-refractivity contribution in [3.63, 3.8) is 0 Å². The highest BCUT2D eigenvalue weighted by Crippen LogP contribution is 2.20. The maximum atomic E-state index is 5.26. The zero-order valence-electron chi connectivity index (χ0n) is 64.0. The molecule has 14 rings (SSSR count). The van der Waals surface area contributed by atoms with E-state index in [1.54, 1.807) is 48.3 Å². The number of benzene rings is 5. The van der Waals surface area contributed by atoms with Crippen LogP contribution in [0.1, 0.15) is 178 Å². The number of thiazole rings is 2. The Morgan fingerprint density at radius 1 is 0.385 bits per heavy atom. The number of pyridine rings is 2. The molecule has 9 heterocycles. The first-order chi connectivity index (χ1) is 46.6. The molecule has 0 saturated heterocycles. The quantitative estimate of drug-likeness (QED) is 0.144. The molecular formula is C81H119N11O2S2. The Morgan fingerprint density at radius 3 is 1.24 bits per heavy atom. The first-order valence-electron chi connectivity index (χ1n) is 34.0. The lowest BCUT2D eigenvalue weighted by Gasteiger charge is -1.96. The molecule has 0 unspecified atom stereocenters. The first-order valence-corrected chi connectivity index (χ1v) is 35.7. The first kappa shape index (κ1) is 91.3. The number of oxazole rings is 2. The summed E-state index contributed by atoms with van der Waals surface area (Å²) in [6.45, 7) is 56.0. The van der Waals surface area contributed by atoms with Crippen LogP contribution in [0.15, 0.2) is 203 Å². The zero-order chi connectivity index (χ0) is 73.4. The molecule has 0 spiro atoms. The van der Waals surface area contributed by atoms with E-state index in [1.165, 1.54) is 38.0 Å². The van der Waals surface area contributed by atoms with E-state index < -0.39 is 0 Å². The number of para-hydroxylation sites is 3. The fraction of sp³-hybridized carbons (Fsp3) is 0.358. The summed E-state index contributed by atoms with van der Waals surface area (Å²) in [5.41, 5.74) is 12.3. The summed E-state index contributed by atoms with van der Waals surface area (Å²) in [5, 5.41) is 14.5. The van der Waals surface area contributed by atoms with Gasteiger partial charge in [0.2, 0.25) is 0 Å². The highest BCUT2D eigenvalue weighted by atomic mass is 32.1. The van der Waals surface area contributed by atoms with Gasteiger partial charge < -0.3 is 22.2 Å². The molecule has 0 atom stereocenters. The lowest BCUT2D eigenvalue weighted by molar-refractivity contribution is 0.521. The Balaban J connectivity index is -0.000000993. The fourth-order valence-corrected chi connectivity index (χ4v) is 8.66. The van der Waals surface area contributed by atoms with Gasteiger partial charge in [-0.1, -0.05) is 231 Å². The normalized spacial score (nSPS) is 8.89. The Kier molecular flexibility index (Phi) is 54.7. The van der Waals surface area contributed by atoms with Gasteiger partial charge >= 0.3 is 0 Å². The number of hydrogen-bond acceptors (Lipinski definition) is 12. The number of aryl methyl sites for hydroxylation is 12. The van der Waals surface area contributed by atoms with Crippen LogP contribution in [-0.4, -0.2) is 53.5 Å². The average Bonchev–Trinajstić information content (AvgIpc) is 1.72. The summed E-state index contributed by atoms with van der Waals surface area (Å²) >= 11 is 3.41. The number of fused-ring (bicyclic) bond motifs is 5. The lowest BCUT2D eigenvalue weighted by Crippen LogP contribution is -1.92. The van der Waals surface area contributed by atoms with Crippen molar-refractivity contribution >= 4 is 66.1 Å². The van der Waals surface area contributed by atoms with Crippen LogP contribution >= 0.6 is 22.7 Å². The predicted octanol–water partition coefficient (Wildman–Crippen LogP) is 24.9. The summed E-state index contributed by atoms with van der Waals surface area (Å²) < 4.78 is 17.4. The van der Waals surface area contributed by atoms with E-state index in [0.717, 1.165) is 72.7 Å². The molecule has 0 radical (unpaired) electrons. The highest BCUT2D eigenvalue weighted by molar-refractivity contribution is 7.18. The van der Waals surface area contributed by atoms with Crippen molar-refractivity contribution in [2.24, 2.45) is 7.05 Å². The third kappa shape index (κ3) is 35.5. The van der Waals surface area contributed by atoms with E-state index in [1.807, 2.05) is 286 Å². The standard InChI is InChI=1S/C11H10.2C9H10N2.C8H7NO.C8H7NS.C7H8.C5H9N3.C4H5NO.C4H5NS.8C2H6/c1-9-6-7-10-4-2-3-5-11(10)8-9;2*1-7-8(2)11-6-4-3-5-9(11)10-7;2*1-6-9-7-4-2-3-5-8(7)10-6;1-7-5-3-2-4-6-7;1-4-6-7-5(2)8(4)3;2*1-4-5-2-3-6-4;8*1-2/h2-8H,1H3;2*3-6H,1-2H3;2*2-5H,1H3;2-6H,1H3;1-3H3;2*2-3H,1H3;8*1-2H3. The topological polar surface area (TPSA) is 143 Å². The number of imidazole rings is 2. The molecule has 0 aliphatic rings. The van der Waals surface area contributed by atoms with E-state index in [4.69, 9.17) is 8.83 Å². The van der Waals surface area contributed by atoms with Crippen molar-refractivity contribution in [2.75, 3.05) is 0 Å². The minimum Gasteiger partial charge on any atom is -0.449 e. The second-order valence-electron chi connectivity index (χ2n) is 18.3. The average molecular weight is 1340 g/mol. The molecule has 522 valence electrons. The Morgan fingerprint density at radius 2 is 0.854 bits per heavy atom. The molecule has 15 heteroatoms. The Hall–Kier alpha value is -8.92. The highest BCUT2D eigenvalue weighted by Gasteiger charge is 2.03. The summed E-state index contributed by atoms with van der Waals surface area (Å²) in [6.07, 6.45) is 9.04. The zero-order valence-corrected chi connectivity index (χ0v) is 65.7. The van der Waals surface area contributed by atoms with Crippen LogP contribution in [0.2, 0.25) is 0 Å². The van der Waals surface area contributed by atoms with Gasteiger partial charge in [-0.15, -0.1) is 32.9 Å². The molecule has 0 bridgehead atoms. The van der Waals surface area contributed by atoms with Crippen LogP contribution < -0.4 is 0 Å². The largest absolute Gasteiger partial charge is 0.449 e. The van der Waals surface area contributed by atoms with Gasteiger partial charge in [-0.2, -0.15) is 0 Å². The summed E-state index contributed by atoms with van der Waals surface area (Å²) in [6, 6.07) is 53.2. The van der Waals surface area contributed by atoms with E-state index in [0.29, 0.717) is 0 Å². The number of nitrogens with zero attached hydrogens (tertiary/aromatic N) is 11. The van der Waals surface area contributed by atoms with Crippen molar-refractivity contribution in [3.8, 4) is 0 Å². The third-order valence-electron chi connectivity index (χ3n) is 12.1. The van der Waals surface area contributed by atoms with Crippen LogP contribution in [0.5, 0.6) is 0 Å². The molecule has 5 aromatic carbocycles.